The number of ether oxygens (including phenoxy) is 1. The number of aryl methyl sites for hydroxylation is 2. The zero-order chi connectivity index (χ0) is 14.9. The number of rotatable bonds is 2. The highest BCUT2D eigenvalue weighted by Gasteiger charge is 2.16. The Morgan fingerprint density at radius 1 is 1.10 bits per heavy atom. The van der Waals surface area contributed by atoms with Crippen LogP contribution in [0, 0.1) is 24.3 Å². The third kappa shape index (κ3) is 2.87. The number of carbonyl (C=O) groups excluding carboxylic acids is 1. The second-order valence-corrected chi connectivity index (χ2v) is 6.08. The lowest BCUT2D eigenvalue weighted by molar-refractivity contribution is -0.131. The number of benzene rings is 2. The standard InChI is InChI=1S/C17H17IO2/c1-10-9-11(2)17(20-13(4)19)12(3)16(10)14-7-5-6-8-15(14)18/h5-9H,1-4H3. The topological polar surface area (TPSA) is 26.3 Å². The number of hydrogen-bond donors (Lipinski definition) is 0. The molecule has 0 N–H and O–H groups in total. The van der Waals surface area contributed by atoms with E-state index in [1.54, 1.807) is 0 Å². The molecule has 0 saturated heterocycles. The molecule has 0 saturated carbocycles. The summed E-state index contributed by atoms with van der Waals surface area (Å²) in [6, 6.07) is 10.3. The third-order valence-corrected chi connectivity index (χ3v) is 4.23. The van der Waals surface area contributed by atoms with Gasteiger partial charge in [-0.25, -0.2) is 0 Å². The van der Waals surface area contributed by atoms with Gasteiger partial charge in [-0.15, -0.1) is 0 Å². The number of hydrogen-bond acceptors (Lipinski definition) is 2. The molecule has 0 aromatic heterocycles. The van der Waals surface area contributed by atoms with Crippen molar-refractivity contribution < 1.29 is 9.53 Å². The number of carbonyl (C=O) groups is 1. The second kappa shape index (κ2) is 5.95. The van der Waals surface area contributed by atoms with Gasteiger partial charge in [-0.05, 0) is 71.7 Å². The molecule has 2 rings (SSSR count). The molecule has 0 radical (unpaired) electrons. The molecule has 2 aromatic rings. The average Bonchev–Trinajstić information content (AvgIpc) is 2.36. The summed E-state index contributed by atoms with van der Waals surface area (Å²) in [4.78, 5) is 11.3. The van der Waals surface area contributed by atoms with Crippen LogP contribution in [0.2, 0.25) is 0 Å². The van der Waals surface area contributed by atoms with E-state index in [0.717, 1.165) is 16.7 Å². The molecule has 0 spiro atoms. The van der Waals surface area contributed by atoms with Crippen LogP contribution < -0.4 is 4.74 Å². The Kier molecular flexibility index (Phi) is 4.48. The molecule has 0 amide bonds. The number of esters is 1. The highest BCUT2D eigenvalue weighted by molar-refractivity contribution is 14.1. The molecule has 0 aliphatic rings. The van der Waals surface area contributed by atoms with Crippen LogP contribution in [0.4, 0.5) is 0 Å². The first kappa shape index (κ1) is 15.0. The SMILES string of the molecule is CC(=O)Oc1c(C)cc(C)c(-c2ccccc2I)c1C. The highest BCUT2D eigenvalue weighted by atomic mass is 127. The maximum Gasteiger partial charge on any atom is 0.308 e. The fourth-order valence-electron chi connectivity index (χ4n) is 2.55. The van der Waals surface area contributed by atoms with Crippen LogP contribution in [-0.2, 0) is 4.79 Å². The van der Waals surface area contributed by atoms with Crippen molar-refractivity contribution in [2.75, 3.05) is 0 Å². The zero-order valence-corrected chi connectivity index (χ0v) is 14.2. The molecule has 0 atom stereocenters. The monoisotopic (exact) mass is 380 g/mol. The van der Waals surface area contributed by atoms with Gasteiger partial charge in [0.15, 0.2) is 0 Å². The van der Waals surface area contributed by atoms with Crippen LogP contribution in [0.15, 0.2) is 30.3 Å². The minimum absolute atomic E-state index is 0.284. The molecule has 0 heterocycles. The van der Waals surface area contributed by atoms with E-state index in [1.807, 2.05) is 26.0 Å². The van der Waals surface area contributed by atoms with Gasteiger partial charge < -0.3 is 4.74 Å². The van der Waals surface area contributed by atoms with Crippen LogP contribution in [0.3, 0.4) is 0 Å². The molecule has 3 heteroatoms. The summed E-state index contributed by atoms with van der Waals surface area (Å²) < 4.78 is 6.58. The van der Waals surface area contributed by atoms with Crippen molar-refractivity contribution in [3.63, 3.8) is 0 Å². The van der Waals surface area contributed by atoms with E-state index in [0.29, 0.717) is 5.75 Å². The summed E-state index contributed by atoms with van der Waals surface area (Å²) in [6.45, 7) is 7.51. The Labute approximate surface area is 133 Å². The first-order valence-corrected chi connectivity index (χ1v) is 7.53. The van der Waals surface area contributed by atoms with Crippen molar-refractivity contribution >= 4 is 28.6 Å². The van der Waals surface area contributed by atoms with E-state index in [4.69, 9.17) is 4.74 Å². The molecule has 0 unspecified atom stereocenters. The van der Waals surface area contributed by atoms with Crippen molar-refractivity contribution in [3.05, 3.63) is 50.6 Å². The maximum absolute atomic E-state index is 11.3. The van der Waals surface area contributed by atoms with Crippen LogP contribution >= 0.6 is 22.6 Å². The summed E-state index contributed by atoms with van der Waals surface area (Å²) in [5.41, 5.74) is 5.53. The fraction of sp³-hybridized carbons (Fsp3) is 0.235. The van der Waals surface area contributed by atoms with Crippen LogP contribution in [0.1, 0.15) is 23.6 Å². The van der Waals surface area contributed by atoms with Crippen LogP contribution in [0.25, 0.3) is 11.1 Å². The minimum Gasteiger partial charge on any atom is -0.426 e. The van der Waals surface area contributed by atoms with Gasteiger partial charge in [0, 0.05) is 16.1 Å². The minimum atomic E-state index is -0.284. The van der Waals surface area contributed by atoms with Crippen LogP contribution in [-0.4, -0.2) is 5.97 Å². The summed E-state index contributed by atoms with van der Waals surface area (Å²) in [6.07, 6.45) is 0. The second-order valence-electron chi connectivity index (χ2n) is 4.91. The molecular weight excluding hydrogens is 363 g/mol. The summed E-state index contributed by atoms with van der Waals surface area (Å²) in [7, 11) is 0. The molecule has 0 fully saturated rings. The molecule has 0 aliphatic carbocycles. The molecule has 2 aromatic carbocycles. The molecule has 0 aliphatic heterocycles. The van der Waals surface area contributed by atoms with E-state index in [1.165, 1.54) is 21.6 Å². The molecule has 20 heavy (non-hydrogen) atoms. The lowest BCUT2D eigenvalue weighted by Crippen LogP contribution is -2.06. The van der Waals surface area contributed by atoms with Gasteiger partial charge in [0.1, 0.15) is 5.75 Å². The van der Waals surface area contributed by atoms with Crippen molar-refractivity contribution in [1.82, 2.24) is 0 Å². The van der Waals surface area contributed by atoms with E-state index < -0.39 is 0 Å². The molecular formula is C17H17IO2. The van der Waals surface area contributed by atoms with E-state index in [2.05, 4.69) is 47.7 Å². The van der Waals surface area contributed by atoms with E-state index in [9.17, 15) is 4.79 Å². The maximum atomic E-state index is 11.3. The van der Waals surface area contributed by atoms with Gasteiger partial charge in [0.2, 0.25) is 0 Å². The van der Waals surface area contributed by atoms with E-state index in [-0.39, 0.29) is 5.97 Å². The van der Waals surface area contributed by atoms with Crippen LogP contribution in [0.5, 0.6) is 5.75 Å². The van der Waals surface area contributed by atoms with Crippen molar-refractivity contribution in [1.29, 1.82) is 0 Å². The molecule has 2 nitrogen and oxygen atoms in total. The first-order valence-electron chi connectivity index (χ1n) is 6.46. The van der Waals surface area contributed by atoms with Gasteiger partial charge in [-0.3, -0.25) is 4.79 Å². The quantitative estimate of drug-likeness (QED) is 0.425. The Balaban J connectivity index is 2.71. The zero-order valence-electron chi connectivity index (χ0n) is 12.1. The predicted octanol–water partition coefficient (Wildman–Crippen LogP) is 4.81. The summed E-state index contributed by atoms with van der Waals surface area (Å²) in [5, 5.41) is 0. The van der Waals surface area contributed by atoms with E-state index >= 15 is 0 Å². The van der Waals surface area contributed by atoms with Gasteiger partial charge in [-0.1, -0.05) is 24.3 Å². The van der Waals surface area contributed by atoms with Crippen molar-refractivity contribution in [2.45, 2.75) is 27.7 Å². The molecule has 104 valence electrons. The summed E-state index contributed by atoms with van der Waals surface area (Å²) >= 11 is 2.34. The smallest absolute Gasteiger partial charge is 0.308 e. The lowest BCUT2D eigenvalue weighted by Gasteiger charge is -2.17. The molecule has 0 bridgehead atoms. The van der Waals surface area contributed by atoms with Crippen molar-refractivity contribution in [2.24, 2.45) is 0 Å². The summed E-state index contributed by atoms with van der Waals surface area (Å²) in [5.74, 6) is 0.395. The van der Waals surface area contributed by atoms with Gasteiger partial charge in [-0.2, -0.15) is 0 Å². The Morgan fingerprint density at radius 2 is 1.75 bits per heavy atom. The fourth-order valence-corrected chi connectivity index (χ4v) is 3.20. The van der Waals surface area contributed by atoms with Gasteiger partial charge >= 0.3 is 5.97 Å². The predicted molar refractivity (Wildman–Crippen MR) is 90.1 cm³/mol. The first-order chi connectivity index (χ1) is 9.41. The van der Waals surface area contributed by atoms with Gasteiger partial charge in [0.25, 0.3) is 0 Å². The number of halogens is 1. The highest BCUT2D eigenvalue weighted by Crippen LogP contribution is 2.37. The van der Waals surface area contributed by atoms with Crippen molar-refractivity contribution in [3.8, 4) is 16.9 Å². The average molecular weight is 380 g/mol. The Bertz CT molecular complexity index is 675. The Morgan fingerprint density at radius 3 is 2.35 bits per heavy atom. The Hall–Kier alpha value is -1.36. The normalized spacial score (nSPS) is 10.4. The van der Waals surface area contributed by atoms with Gasteiger partial charge in [0.05, 0.1) is 0 Å². The lowest BCUT2D eigenvalue weighted by atomic mass is 9.93. The largest absolute Gasteiger partial charge is 0.426 e. The third-order valence-electron chi connectivity index (χ3n) is 3.29.